The standard InChI is InChI=1S/C18H22Cl2N4O2.ClH/c19-14-4-3-13(16(20)10-14)12-26-9-7-22-18(25)17-5-8-24(23-17)15-2-1-6-21-11-15;/h3-5,8,10,15,21H,1-2,6-7,9,11-12H2,(H,22,25);1H. The molecule has 1 saturated heterocycles. The molecular formula is C18H23Cl3N4O2. The second-order valence-corrected chi connectivity index (χ2v) is 7.07. The summed E-state index contributed by atoms with van der Waals surface area (Å²) in [5, 5.41) is 11.7. The van der Waals surface area contributed by atoms with E-state index < -0.39 is 0 Å². The number of piperidine rings is 1. The fraction of sp³-hybridized carbons (Fsp3) is 0.444. The average molecular weight is 434 g/mol. The third-order valence-corrected chi connectivity index (χ3v) is 4.88. The highest BCUT2D eigenvalue weighted by Gasteiger charge is 2.17. The Morgan fingerprint density at radius 1 is 1.37 bits per heavy atom. The summed E-state index contributed by atoms with van der Waals surface area (Å²) in [6, 6.07) is 7.35. The average Bonchev–Trinajstić information content (AvgIpc) is 3.14. The smallest absolute Gasteiger partial charge is 0.271 e. The zero-order chi connectivity index (χ0) is 18.4. The van der Waals surface area contributed by atoms with Crippen LogP contribution in [0.3, 0.4) is 0 Å². The van der Waals surface area contributed by atoms with Crippen LogP contribution < -0.4 is 10.6 Å². The van der Waals surface area contributed by atoms with Gasteiger partial charge in [0.05, 0.1) is 19.3 Å². The molecule has 1 aromatic carbocycles. The van der Waals surface area contributed by atoms with E-state index in [0.29, 0.717) is 41.5 Å². The van der Waals surface area contributed by atoms with Crippen LogP contribution in [0.2, 0.25) is 10.0 Å². The van der Waals surface area contributed by atoms with E-state index in [-0.39, 0.29) is 18.3 Å². The van der Waals surface area contributed by atoms with Crippen LogP contribution >= 0.6 is 35.6 Å². The Balaban J connectivity index is 0.00000261. The lowest BCUT2D eigenvalue weighted by molar-refractivity contribution is 0.0895. The maximum absolute atomic E-state index is 12.2. The molecule has 9 heteroatoms. The van der Waals surface area contributed by atoms with Gasteiger partial charge in [-0.1, -0.05) is 29.3 Å². The lowest BCUT2D eigenvalue weighted by Crippen LogP contribution is -2.32. The molecule has 0 aliphatic carbocycles. The Kier molecular flexibility index (Phi) is 8.86. The second kappa shape index (κ2) is 10.9. The number of nitrogens with zero attached hydrogens (tertiary/aromatic N) is 2. The van der Waals surface area contributed by atoms with Crippen LogP contribution in [0.25, 0.3) is 0 Å². The van der Waals surface area contributed by atoms with Crippen molar-refractivity contribution >= 4 is 41.5 Å². The summed E-state index contributed by atoms with van der Waals surface area (Å²) in [6.45, 7) is 3.10. The number of benzene rings is 1. The van der Waals surface area contributed by atoms with Gasteiger partial charge in [-0.2, -0.15) is 5.10 Å². The monoisotopic (exact) mass is 432 g/mol. The van der Waals surface area contributed by atoms with Gasteiger partial charge in [0, 0.05) is 29.3 Å². The highest BCUT2D eigenvalue weighted by Crippen LogP contribution is 2.21. The number of carbonyl (C=O) groups is 1. The molecule has 0 spiro atoms. The third kappa shape index (κ3) is 6.36. The van der Waals surface area contributed by atoms with Gasteiger partial charge < -0.3 is 15.4 Å². The molecule has 1 unspecified atom stereocenters. The van der Waals surface area contributed by atoms with E-state index in [0.717, 1.165) is 31.5 Å². The first-order valence-electron chi connectivity index (χ1n) is 8.69. The molecule has 0 bridgehead atoms. The summed E-state index contributed by atoms with van der Waals surface area (Å²) >= 11 is 12.0. The second-order valence-electron chi connectivity index (χ2n) is 6.23. The minimum absolute atomic E-state index is 0. The molecular weight excluding hydrogens is 411 g/mol. The maximum Gasteiger partial charge on any atom is 0.271 e. The minimum atomic E-state index is -0.194. The molecule has 0 saturated carbocycles. The first-order valence-corrected chi connectivity index (χ1v) is 9.45. The maximum atomic E-state index is 12.2. The minimum Gasteiger partial charge on any atom is -0.375 e. The van der Waals surface area contributed by atoms with Crippen LogP contribution in [0.1, 0.15) is 34.9 Å². The predicted octanol–water partition coefficient (Wildman–Crippen LogP) is 3.48. The van der Waals surface area contributed by atoms with Crippen LogP contribution in [0.15, 0.2) is 30.5 Å². The Morgan fingerprint density at radius 3 is 2.96 bits per heavy atom. The molecule has 27 heavy (non-hydrogen) atoms. The number of hydrogen-bond donors (Lipinski definition) is 2. The van der Waals surface area contributed by atoms with Crippen LogP contribution in [0, 0.1) is 0 Å². The predicted molar refractivity (Wildman–Crippen MR) is 109 cm³/mol. The molecule has 6 nitrogen and oxygen atoms in total. The molecule has 1 aliphatic heterocycles. The van der Waals surface area contributed by atoms with Crippen molar-refractivity contribution in [3.05, 3.63) is 51.8 Å². The summed E-state index contributed by atoms with van der Waals surface area (Å²) in [5.74, 6) is -0.194. The molecule has 3 rings (SSSR count). The van der Waals surface area contributed by atoms with Crippen molar-refractivity contribution in [3.8, 4) is 0 Å². The molecule has 2 aromatic rings. The van der Waals surface area contributed by atoms with E-state index in [2.05, 4.69) is 15.7 Å². The first-order chi connectivity index (χ1) is 12.6. The number of ether oxygens (including phenoxy) is 1. The summed E-state index contributed by atoms with van der Waals surface area (Å²) in [6.07, 6.45) is 4.07. The van der Waals surface area contributed by atoms with Crippen molar-refractivity contribution in [1.29, 1.82) is 0 Å². The van der Waals surface area contributed by atoms with E-state index in [1.165, 1.54) is 0 Å². The first kappa shape index (κ1) is 22.0. The van der Waals surface area contributed by atoms with Crippen LogP contribution in [0.5, 0.6) is 0 Å². The van der Waals surface area contributed by atoms with Crippen molar-refractivity contribution < 1.29 is 9.53 Å². The third-order valence-electron chi connectivity index (χ3n) is 4.29. The van der Waals surface area contributed by atoms with Gasteiger partial charge >= 0.3 is 0 Å². The highest BCUT2D eigenvalue weighted by atomic mass is 35.5. The van der Waals surface area contributed by atoms with E-state index in [1.54, 1.807) is 18.2 Å². The van der Waals surface area contributed by atoms with Gasteiger partial charge in [0.2, 0.25) is 0 Å². The Hall–Kier alpha value is -1.31. The zero-order valence-corrected chi connectivity index (χ0v) is 17.1. The van der Waals surface area contributed by atoms with Crippen molar-refractivity contribution in [1.82, 2.24) is 20.4 Å². The number of hydrogen-bond acceptors (Lipinski definition) is 4. The number of amides is 1. The zero-order valence-electron chi connectivity index (χ0n) is 14.8. The van der Waals surface area contributed by atoms with E-state index in [4.69, 9.17) is 27.9 Å². The fourth-order valence-corrected chi connectivity index (χ4v) is 3.33. The van der Waals surface area contributed by atoms with Gasteiger partial charge in [-0.05, 0) is 43.1 Å². The van der Waals surface area contributed by atoms with Crippen molar-refractivity contribution in [2.24, 2.45) is 0 Å². The van der Waals surface area contributed by atoms with Gasteiger partial charge in [0.1, 0.15) is 5.69 Å². The fourth-order valence-electron chi connectivity index (χ4n) is 2.87. The number of carbonyl (C=O) groups excluding carboxylic acids is 1. The molecule has 148 valence electrons. The van der Waals surface area contributed by atoms with Gasteiger partial charge in [-0.15, -0.1) is 12.4 Å². The van der Waals surface area contributed by atoms with Crippen LogP contribution in [0.4, 0.5) is 0 Å². The number of aromatic nitrogens is 2. The van der Waals surface area contributed by atoms with Crippen molar-refractivity contribution in [2.45, 2.75) is 25.5 Å². The number of nitrogens with one attached hydrogen (secondary N) is 2. The van der Waals surface area contributed by atoms with Crippen molar-refractivity contribution in [3.63, 3.8) is 0 Å². The van der Waals surface area contributed by atoms with Gasteiger partial charge in [0.25, 0.3) is 5.91 Å². The Bertz CT molecular complexity index is 748. The molecule has 1 amide bonds. The van der Waals surface area contributed by atoms with E-state index >= 15 is 0 Å². The summed E-state index contributed by atoms with van der Waals surface area (Å²) < 4.78 is 7.43. The molecule has 1 fully saturated rings. The number of halogens is 3. The van der Waals surface area contributed by atoms with Crippen LogP contribution in [-0.4, -0.2) is 41.9 Å². The summed E-state index contributed by atoms with van der Waals surface area (Å²) in [7, 11) is 0. The number of rotatable bonds is 7. The summed E-state index contributed by atoms with van der Waals surface area (Å²) in [4.78, 5) is 12.2. The molecule has 2 heterocycles. The van der Waals surface area contributed by atoms with Gasteiger partial charge in [0.15, 0.2) is 0 Å². The van der Waals surface area contributed by atoms with Gasteiger partial charge in [-0.25, -0.2) is 0 Å². The Morgan fingerprint density at radius 2 is 2.22 bits per heavy atom. The van der Waals surface area contributed by atoms with Gasteiger partial charge in [-0.3, -0.25) is 9.48 Å². The SMILES string of the molecule is Cl.O=C(NCCOCc1ccc(Cl)cc1Cl)c1ccn(C2CCCNC2)n1. The topological polar surface area (TPSA) is 68.2 Å². The van der Waals surface area contributed by atoms with Crippen LogP contribution in [-0.2, 0) is 11.3 Å². The van der Waals surface area contributed by atoms with E-state index in [9.17, 15) is 4.79 Å². The molecule has 1 aromatic heterocycles. The molecule has 1 aliphatic rings. The van der Waals surface area contributed by atoms with Crippen molar-refractivity contribution in [2.75, 3.05) is 26.2 Å². The largest absolute Gasteiger partial charge is 0.375 e. The molecule has 2 N–H and O–H groups in total. The normalized spacial score (nSPS) is 16.6. The Labute approximate surface area is 175 Å². The quantitative estimate of drug-likeness (QED) is 0.656. The highest BCUT2D eigenvalue weighted by molar-refractivity contribution is 6.35. The molecule has 1 atom stereocenters. The molecule has 0 radical (unpaired) electrons. The lowest BCUT2D eigenvalue weighted by atomic mass is 10.1. The van der Waals surface area contributed by atoms with E-state index in [1.807, 2.05) is 16.9 Å². The lowest BCUT2D eigenvalue weighted by Gasteiger charge is -2.22. The summed E-state index contributed by atoms with van der Waals surface area (Å²) in [5.41, 5.74) is 1.29.